The summed E-state index contributed by atoms with van der Waals surface area (Å²) in [5, 5.41) is 13.7. The van der Waals surface area contributed by atoms with Crippen molar-refractivity contribution in [2.24, 2.45) is 5.92 Å². The van der Waals surface area contributed by atoms with Crippen LogP contribution < -0.4 is 10.6 Å². The molecule has 8 nitrogen and oxygen atoms in total. The third-order valence-electron chi connectivity index (χ3n) is 3.45. The summed E-state index contributed by atoms with van der Waals surface area (Å²) in [5.74, 6) is -2.26. The fourth-order valence-electron chi connectivity index (χ4n) is 1.89. The van der Waals surface area contributed by atoms with Crippen molar-refractivity contribution in [3.63, 3.8) is 0 Å². The van der Waals surface area contributed by atoms with Gasteiger partial charge in [-0.3, -0.25) is 14.5 Å². The molecule has 1 saturated heterocycles. The number of likely N-dealkylation sites (tertiary alicyclic amines) is 1. The van der Waals surface area contributed by atoms with Crippen molar-refractivity contribution in [2.45, 2.75) is 38.8 Å². The second-order valence-corrected chi connectivity index (χ2v) is 4.87. The first-order chi connectivity index (χ1) is 9.27. The predicted molar refractivity (Wildman–Crippen MR) is 68.7 cm³/mol. The Hall–Kier alpha value is -2.12. The summed E-state index contributed by atoms with van der Waals surface area (Å²) < 4.78 is 0. The molecule has 20 heavy (non-hydrogen) atoms. The summed E-state index contributed by atoms with van der Waals surface area (Å²) in [6.07, 6.45) is 0.477. The zero-order chi connectivity index (χ0) is 15.4. The number of hydrogen-bond donors (Lipinski definition) is 3. The molecule has 0 saturated carbocycles. The molecule has 0 aromatic heterocycles. The number of nitrogens with one attached hydrogen (secondary N) is 2. The average Bonchev–Trinajstić information content (AvgIpc) is 2.62. The zero-order valence-electron chi connectivity index (χ0n) is 11.7. The summed E-state index contributed by atoms with van der Waals surface area (Å²) in [4.78, 5) is 46.6. The molecule has 1 rings (SSSR count). The molecule has 0 aromatic rings. The van der Waals surface area contributed by atoms with E-state index >= 15 is 0 Å². The molecule has 0 bridgehead atoms. The molecule has 112 valence electrons. The molecule has 1 fully saturated rings. The van der Waals surface area contributed by atoms with Crippen LogP contribution in [0.5, 0.6) is 0 Å². The molecule has 1 aliphatic rings. The molecule has 2 unspecified atom stereocenters. The van der Waals surface area contributed by atoms with E-state index in [0.29, 0.717) is 6.42 Å². The van der Waals surface area contributed by atoms with E-state index in [1.807, 2.05) is 6.92 Å². The maximum absolute atomic E-state index is 11.7. The Kier molecular flexibility index (Phi) is 5.06. The summed E-state index contributed by atoms with van der Waals surface area (Å²) in [5.41, 5.74) is 0. The van der Waals surface area contributed by atoms with Crippen LogP contribution in [-0.2, 0) is 14.4 Å². The zero-order valence-corrected chi connectivity index (χ0v) is 11.7. The van der Waals surface area contributed by atoms with Gasteiger partial charge in [0.25, 0.3) is 5.91 Å². The molecule has 3 atom stereocenters. The minimum Gasteiger partial charge on any atom is -0.480 e. The number of aliphatic carboxylic acids is 1. The Morgan fingerprint density at radius 2 is 2.05 bits per heavy atom. The van der Waals surface area contributed by atoms with Crippen LogP contribution in [0.25, 0.3) is 0 Å². The maximum Gasteiger partial charge on any atom is 0.326 e. The van der Waals surface area contributed by atoms with Crippen molar-refractivity contribution in [3.8, 4) is 0 Å². The number of likely N-dealkylation sites (N-methyl/N-ethyl adjacent to an activating group) is 1. The van der Waals surface area contributed by atoms with Gasteiger partial charge in [0.05, 0.1) is 6.42 Å². The van der Waals surface area contributed by atoms with Crippen molar-refractivity contribution in [2.75, 3.05) is 7.05 Å². The number of rotatable bonds is 5. The van der Waals surface area contributed by atoms with Crippen molar-refractivity contribution < 1.29 is 24.3 Å². The Labute approximate surface area is 116 Å². The van der Waals surface area contributed by atoms with Crippen LogP contribution in [0.1, 0.15) is 26.7 Å². The van der Waals surface area contributed by atoms with Crippen molar-refractivity contribution in [3.05, 3.63) is 0 Å². The number of carbonyl (C=O) groups excluding carboxylic acids is 3. The number of imide groups is 1. The number of carboxylic acid groups (broad SMARTS) is 1. The summed E-state index contributed by atoms with van der Waals surface area (Å²) >= 11 is 0. The highest BCUT2D eigenvalue weighted by Crippen LogP contribution is 2.11. The number of carbonyl (C=O) groups is 4. The van der Waals surface area contributed by atoms with Gasteiger partial charge in [-0.15, -0.1) is 0 Å². The molecular weight excluding hydrogens is 266 g/mol. The van der Waals surface area contributed by atoms with E-state index in [-0.39, 0.29) is 18.2 Å². The molecule has 4 amide bonds. The lowest BCUT2D eigenvalue weighted by molar-refractivity contribution is -0.140. The van der Waals surface area contributed by atoms with Gasteiger partial charge in [-0.05, 0) is 5.92 Å². The lowest BCUT2D eigenvalue weighted by Crippen LogP contribution is -2.52. The van der Waals surface area contributed by atoms with E-state index in [9.17, 15) is 19.2 Å². The normalized spacial score (nSPS) is 21.6. The number of hydrogen-bond acceptors (Lipinski definition) is 4. The highest BCUT2D eigenvalue weighted by molar-refractivity contribution is 6.06. The number of carboxylic acids is 1. The van der Waals surface area contributed by atoms with Crippen LogP contribution in [-0.4, -0.2) is 53.0 Å². The smallest absolute Gasteiger partial charge is 0.326 e. The fourth-order valence-corrected chi connectivity index (χ4v) is 1.89. The van der Waals surface area contributed by atoms with Gasteiger partial charge in [0.1, 0.15) is 12.1 Å². The van der Waals surface area contributed by atoms with Crippen molar-refractivity contribution >= 4 is 23.8 Å². The number of amides is 4. The third kappa shape index (κ3) is 3.46. The number of nitrogens with zero attached hydrogens (tertiary/aromatic N) is 1. The summed E-state index contributed by atoms with van der Waals surface area (Å²) in [6.45, 7) is 3.52. The SMILES string of the molecule is CCC(C)[C@H](NC(=O)NC1CC(=O)N(C)C1=O)C(=O)O. The highest BCUT2D eigenvalue weighted by atomic mass is 16.4. The minimum absolute atomic E-state index is 0.107. The van der Waals surface area contributed by atoms with E-state index in [4.69, 9.17) is 5.11 Å². The predicted octanol–water partition coefficient (Wildman–Crippen LogP) is -0.458. The van der Waals surface area contributed by atoms with Crippen LogP contribution in [0.15, 0.2) is 0 Å². The van der Waals surface area contributed by atoms with Gasteiger partial charge in [0, 0.05) is 7.05 Å². The van der Waals surface area contributed by atoms with Gasteiger partial charge in [-0.1, -0.05) is 20.3 Å². The van der Waals surface area contributed by atoms with E-state index in [0.717, 1.165) is 4.90 Å². The standard InChI is InChI=1S/C12H19N3O5/c1-4-6(2)9(11(18)19)14-12(20)13-7-5-8(16)15(3)10(7)17/h6-7,9H,4-5H2,1-3H3,(H,18,19)(H2,13,14,20)/t6?,7?,9-/m0/s1. The lowest BCUT2D eigenvalue weighted by atomic mass is 9.99. The average molecular weight is 285 g/mol. The Morgan fingerprint density at radius 1 is 1.45 bits per heavy atom. The van der Waals surface area contributed by atoms with Gasteiger partial charge in [-0.2, -0.15) is 0 Å². The minimum atomic E-state index is -1.14. The topological polar surface area (TPSA) is 116 Å². The number of urea groups is 1. The van der Waals surface area contributed by atoms with E-state index in [2.05, 4.69) is 10.6 Å². The van der Waals surface area contributed by atoms with Gasteiger partial charge in [0.15, 0.2) is 0 Å². The molecule has 0 aliphatic carbocycles. The third-order valence-corrected chi connectivity index (χ3v) is 3.45. The largest absolute Gasteiger partial charge is 0.480 e. The maximum atomic E-state index is 11.7. The lowest BCUT2D eigenvalue weighted by Gasteiger charge is -2.21. The first-order valence-electron chi connectivity index (χ1n) is 6.38. The van der Waals surface area contributed by atoms with E-state index in [1.165, 1.54) is 7.05 Å². The van der Waals surface area contributed by atoms with Crippen LogP contribution >= 0.6 is 0 Å². The Balaban J connectivity index is 2.61. The molecular formula is C12H19N3O5. The van der Waals surface area contributed by atoms with Crippen molar-refractivity contribution in [1.82, 2.24) is 15.5 Å². The molecule has 1 aliphatic heterocycles. The fraction of sp³-hybridized carbons (Fsp3) is 0.667. The van der Waals surface area contributed by atoms with E-state index in [1.54, 1.807) is 6.92 Å². The first kappa shape index (κ1) is 15.9. The Bertz CT molecular complexity index is 437. The quantitative estimate of drug-likeness (QED) is 0.591. The molecule has 8 heteroatoms. The van der Waals surface area contributed by atoms with Crippen LogP contribution in [0.4, 0.5) is 4.79 Å². The molecule has 3 N–H and O–H groups in total. The monoisotopic (exact) mass is 285 g/mol. The highest BCUT2D eigenvalue weighted by Gasteiger charge is 2.37. The first-order valence-corrected chi connectivity index (χ1v) is 6.38. The summed E-state index contributed by atoms with van der Waals surface area (Å²) in [6, 6.07) is -2.73. The van der Waals surface area contributed by atoms with Crippen LogP contribution in [0, 0.1) is 5.92 Å². The molecule has 0 radical (unpaired) electrons. The molecule has 0 aromatic carbocycles. The second kappa shape index (κ2) is 6.36. The van der Waals surface area contributed by atoms with E-state index < -0.39 is 30.0 Å². The van der Waals surface area contributed by atoms with Gasteiger partial charge in [-0.25, -0.2) is 9.59 Å². The van der Waals surface area contributed by atoms with Crippen molar-refractivity contribution in [1.29, 1.82) is 0 Å². The molecule has 1 heterocycles. The summed E-state index contributed by atoms with van der Waals surface area (Å²) in [7, 11) is 1.34. The van der Waals surface area contributed by atoms with Crippen LogP contribution in [0.3, 0.4) is 0 Å². The van der Waals surface area contributed by atoms with Gasteiger partial charge >= 0.3 is 12.0 Å². The second-order valence-electron chi connectivity index (χ2n) is 4.87. The Morgan fingerprint density at radius 3 is 2.45 bits per heavy atom. The van der Waals surface area contributed by atoms with Gasteiger partial charge in [0.2, 0.25) is 5.91 Å². The molecule has 0 spiro atoms. The van der Waals surface area contributed by atoms with Gasteiger partial charge < -0.3 is 15.7 Å². The van der Waals surface area contributed by atoms with Crippen LogP contribution in [0.2, 0.25) is 0 Å².